The number of benzene rings is 2. The van der Waals surface area contributed by atoms with Crippen molar-refractivity contribution in [3.8, 4) is 0 Å². The van der Waals surface area contributed by atoms with E-state index in [-0.39, 0.29) is 5.91 Å². The highest BCUT2D eigenvalue weighted by molar-refractivity contribution is 6.30. The number of hydrogen-bond donors (Lipinski definition) is 1. The number of nitrogens with zero attached hydrogens (tertiary/aromatic N) is 1. The van der Waals surface area contributed by atoms with Crippen molar-refractivity contribution in [2.75, 3.05) is 7.11 Å². The van der Waals surface area contributed by atoms with Gasteiger partial charge in [-0.2, -0.15) is 0 Å². The minimum atomic E-state index is -0.773. The molecule has 1 amide bonds. The molecule has 0 saturated heterocycles. The molecule has 1 saturated carbocycles. The summed E-state index contributed by atoms with van der Waals surface area (Å²) in [4.78, 5) is 31.5. The maximum Gasteiger partial charge on any atom is 0.343 e. The molecule has 1 fully saturated rings. The number of amides is 1. The van der Waals surface area contributed by atoms with Gasteiger partial charge in [0.15, 0.2) is 0 Å². The topological polar surface area (TPSA) is 77.0 Å². The van der Waals surface area contributed by atoms with Crippen LogP contribution < -0.4 is 5.32 Å². The van der Waals surface area contributed by atoms with E-state index in [1.165, 1.54) is 7.11 Å². The van der Waals surface area contributed by atoms with Crippen molar-refractivity contribution in [1.29, 1.82) is 0 Å². The number of carbonyl (C=O) groups is 2. The minimum absolute atomic E-state index is 0.226. The summed E-state index contributed by atoms with van der Waals surface area (Å²) in [5.41, 5.74) is 4.81. The standard InChI is InChI=1S/C26H27ClN2O4/c1-15-13-16(2)21(17(3)14-15)22-23(33-25(31)18-5-7-19(27)8-6-18)26(28-24(22)30)11-9-20(10-12-26)29-32-4/h5-8,13-14H,9-12H2,1-4H3,(H,28,30). The molecule has 1 heterocycles. The third-order valence-electron chi connectivity index (χ3n) is 6.34. The first kappa shape index (κ1) is 23.1. The van der Waals surface area contributed by atoms with E-state index in [9.17, 15) is 9.59 Å². The molecule has 0 unspecified atom stereocenters. The molecule has 2 aromatic rings. The second kappa shape index (κ2) is 9.02. The summed E-state index contributed by atoms with van der Waals surface area (Å²) in [6, 6.07) is 10.6. The molecule has 1 aliphatic carbocycles. The fraction of sp³-hybridized carbons (Fsp3) is 0.346. The molecule has 0 atom stereocenters. The molecule has 0 radical (unpaired) electrons. The lowest BCUT2D eigenvalue weighted by atomic mass is 9.79. The first-order valence-electron chi connectivity index (χ1n) is 11.0. The van der Waals surface area contributed by atoms with Gasteiger partial charge in [0.2, 0.25) is 0 Å². The Morgan fingerprint density at radius 2 is 1.67 bits per heavy atom. The quantitative estimate of drug-likeness (QED) is 0.491. The lowest BCUT2D eigenvalue weighted by Crippen LogP contribution is -2.48. The van der Waals surface area contributed by atoms with Crippen LogP contribution in [-0.4, -0.2) is 30.2 Å². The highest BCUT2D eigenvalue weighted by Gasteiger charge is 2.50. The molecule has 1 N–H and O–H groups in total. The highest BCUT2D eigenvalue weighted by atomic mass is 35.5. The monoisotopic (exact) mass is 466 g/mol. The zero-order valence-electron chi connectivity index (χ0n) is 19.3. The number of rotatable bonds is 4. The number of carbonyl (C=O) groups excluding carboxylic acids is 2. The molecular weight excluding hydrogens is 440 g/mol. The summed E-state index contributed by atoms with van der Waals surface area (Å²) in [5, 5.41) is 7.77. The SMILES string of the molecule is CON=C1CCC2(CC1)NC(=O)C(c1c(C)cc(C)cc1C)=C2OC(=O)c1ccc(Cl)cc1. The summed E-state index contributed by atoms with van der Waals surface area (Å²) in [6.07, 6.45) is 2.40. The highest BCUT2D eigenvalue weighted by Crippen LogP contribution is 2.44. The van der Waals surface area contributed by atoms with Gasteiger partial charge in [0.1, 0.15) is 12.9 Å². The summed E-state index contributed by atoms with van der Waals surface area (Å²) < 4.78 is 6.05. The fourth-order valence-electron chi connectivity index (χ4n) is 4.90. The number of esters is 1. The Balaban J connectivity index is 1.82. The number of oxime groups is 1. The van der Waals surface area contributed by atoms with Gasteiger partial charge in [-0.1, -0.05) is 34.5 Å². The van der Waals surface area contributed by atoms with Crippen molar-refractivity contribution in [2.45, 2.75) is 52.0 Å². The molecule has 4 rings (SSSR count). The van der Waals surface area contributed by atoms with Gasteiger partial charge in [-0.3, -0.25) is 4.79 Å². The molecule has 0 aromatic heterocycles. The first-order chi connectivity index (χ1) is 15.7. The Hall–Kier alpha value is -3.12. The number of halogens is 1. The van der Waals surface area contributed by atoms with Gasteiger partial charge in [-0.15, -0.1) is 0 Å². The second-order valence-electron chi connectivity index (χ2n) is 8.75. The van der Waals surface area contributed by atoms with Crippen LogP contribution in [0, 0.1) is 20.8 Å². The molecule has 2 aromatic carbocycles. The lowest BCUT2D eigenvalue weighted by Gasteiger charge is -2.35. The zero-order chi connectivity index (χ0) is 23.8. The number of hydrogen-bond acceptors (Lipinski definition) is 5. The van der Waals surface area contributed by atoms with Crippen molar-refractivity contribution < 1.29 is 19.2 Å². The molecule has 6 nitrogen and oxygen atoms in total. The average Bonchev–Trinajstić information content (AvgIpc) is 3.01. The second-order valence-corrected chi connectivity index (χ2v) is 9.19. The Labute approximate surface area is 198 Å². The molecule has 33 heavy (non-hydrogen) atoms. The van der Waals surface area contributed by atoms with E-state index >= 15 is 0 Å². The van der Waals surface area contributed by atoms with Crippen LogP contribution in [0.15, 0.2) is 47.3 Å². The smallest absolute Gasteiger partial charge is 0.343 e. The van der Waals surface area contributed by atoms with Gasteiger partial charge < -0.3 is 14.9 Å². The van der Waals surface area contributed by atoms with Gasteiger partial charge >= 0.3 is 5.97 Å². The third-order valence-corrected chi connectivity index (χ3v) is 6.60. The Bertz CT molecular complexity index is 1150. The van der Waals surface area contributed by atoms with E-state index in [1.807, 2.05) is 32.9 Å². The van der Waals surface area contributed by atoms with Crippen LogP contribution in [0.3, 0.4) is 0 Å². The molecule has 7 heteroatoms. The van der Waals surface area contributed by atoms with Gasteiger partial charge in [0.05, 0.1) is 22.4 Å². The number of nitrogens with one attached hydrogen (secondary N) is 1. The zero-order valence-corrected chi connectivity index (χ0v) is 20.0. The Morgan fingerprint density at radius 3 is 2.24 bits per heavy atom. The van der Waals surface area contributed by atoms with Crippen molar-refractivity contribution in [2.24, 2.45) is 5.16 Å². The van der Waals surface area contributed by atoms with E-state index in [0.717, 1.165) is 28.0 Å². The largest absolute Gasteiger partial charge is 0.424 e. The molecule has 0 bridgehead atoms. The molecule has 1 aliphatic heterocycles. The maximum absolute atomic E-state index is 13.4. The van der Waals surface area contributed by atoms with Crippen molar-refractivity contribution in [1.82, 2.24) is 5.32 Å². The Morgan fingerprint density at radius 1 is 1.06 bits per heavy atom. The van der Waals surface area contributed by atoms with Gasteiger partial charge in [-0.05, 0) is 87.4 Å². The van der Waals surface area contributed by atoms with Crippen molar-refractivity contribution >= 4 is 34.8 Å². The normalized spacial score (nSPS) is 20.2. The van der Waals surface area contributed by atoms with Gasteiger partial charge in [0.25, 0.3) is 5.91 Å². The van der Waals surface area contributed by atoms with E-state index in [2.05, 4.69) is 10.5 Å². The predicted molar refractivity (Wildman–Crippen MR) is 128 cm³/mol. The summed E-state index contributed by atoms with van der Waals surface area (Å²) in [7, 11) is 1.52. The van der Waals surface area contributed by atoms with Crippen molar-refractivity contribution in [3.05, 3.63) is 75.0 Å². The lowest BCUT2D eigenvalue weighted by molar-refractivity contribution is -0.116. The first-order valence-corrected chi connectivity index (χ1v) is 11.3. The van der Waals surface area contributed by atoms with Crippen LogP contribution in [0.1, 0.15) is 58.3 Å². The predicted octanol–water partition coefficient (Wildman–Crippen LogP) is 5.28. The van der Waals surface area contributed by atoms with E-state index in [4.69, 9.17) is 21.2 Å². The number of aryl methyl sites for hydroxylation is 3. The number of ether oxygens (including phenoxy) is 1. The van der Waals surface area contributed by atoms with Crippen LogP contribution in [0.25, 0.3) is 5.57 Å². The maximum atomic E-state index is 13.4. The van der Waals surface area contributed by atoms with E-state index < -0.39 is 11.5 Å². The minimum Gasteiger partial charge on any atom is -0.424 e. The molecule has 172 valence electrons. The van der Waals surface area contributed by atoms with Crippen LogP contribution in [0.2, 0.25) is 5.02 Å². The van der Waals surface area contributed by atoms with Crippen LogP contribution in [0.5, 0.6) is 0 Å². The molecular formula is C26H27ClN2O4. The fourth-order valence-corrected chi connectivity index (χ4v) is 5.03. The van der Waals surface area contributed by atoms with E-state index in [0.29, 0.717) is 47.6 Å². The average molecular weight is 467 g/mol. The summed E-state index contributed by atoms with van der Waals surface area (Å²) in [5.74, 6) is -0.358. The van der Waals surface area contributed by atoms with Crippen LogP contribution in [-0.2, 0) is 14.4 Å². The summed E-state index contributed by atoms with van der Waals surface area (Å²) in [6.45, 7) is 5.97. The van der Waals surface area contributed by atoms with Crippen molar-refractivity contribution in [3.63, 3.8) is 0 Å². The van der Waals surface area contributed by atoms with Gasteiger partial charge in [-0.25, -0.2) is 4.79 Å². The molecule has 2 aliphatic rings. The van der Waals surface area contributed by atoms with Crippen LogP contribution >= 0.6 is 11.6 Å². The van der Waals surface area contributed by atoms with Gasteiger partial charge in [0, 0.05) is 5.02 Å². The van der Waals surface area contributed by atoms with Crippen LogP contribution in [0.4, 0.5) is 0 Å². The Kier molecular flexibility index (Phi) is 6.30. The molecule has 1 spiro atoms. The summed E-state index contributed by atoms with van der Waals surface area (Å²) >= 11 is 5.97. The van der Waals surface area contributed by atoms with E-state index in [1.54, 1.807) is 24.3 Å². The third kappa shape index (κ3) is 4.40.